The minimum atomic E-state index is -1.47. The van der Waals surface area contributed by atoms with Crippen molar-refractivity contribution in [3.05, 3.63) is 0 Å². The van der Waals surface area contributed by atoms with Crippen molar-refractivity contribution in [2.24, 2.45) is 16.2 Å². The van der Waals surface area contributed by atoms with E-state index in [2.05, 4.69) is 0 Å². The first-order valence-electron chi connectivity index (χ1n) is 5.04. The largest absolute Gasteiger partial charge is 1.00 e. The summed E-state index contributed by atoms with van der Waals surface area (Å²) in [5, 5.41) is 9.26. The van der Waals surface area contributed by atoms with Crippen molar-refractivity contribution >= 4 is 17.5 Å². The van der Waals surface area contributed by atoms with Gasteiger partial charge >= 0.3 is 35.5 Å². The van der Waals surface area contributed by atoms with Crippen LogP contribution in [0.3, 0.4) is 0 Å². The molecule has 2 fully saturated rings. The molecule has 0 aromatic rings. The third-order valence-electron chi connectivity index (χ3n) is 4.91. The Labute approximate surface area is 116 Å². The van der Waals surface area contributed by atoms with Crippen molar-refractivity contribution in [1.82, 2.24) is 0 Å². The molecule has 0 aliphatic heterocycles. The molecule has 0 saturated heterocycles. The van der Waals surface area contributed by atoms with Crippen LogP contribution in [0.5, 0.6) is 0 Å². The Balaban J connectivity index is 0.00000128. The fourth-order valence-electron chi connectivity index (χ4n) is 3.24. The second-order valence-electron chi connectivity index (χ2n) is 5.33. The summed E-state index contributed by atoms with van der Waals surface area (Å²) in [6, 6.07) is 0. The molecule has 4 nitrogen and oxygen atoms in total. The Hall–Kier alpha value is -0.190. The van der Waals surface area contributed by atoms with Crippen LogP contribution >= 0.6 is 0 Å². The first kappa shape index (κ1) is 13.9. The van der Waals surface area contributed by atoms with Crippen LogP contribution in [0.25, 0.3) is 0 Å². The Morgan fingerprint density at radius 3 is 1.88 bits per heavy atom. The molecule has 0 radical (unpaired) electrons. The number of Topliss-reactive ketones (excluding diaryl/α,β-unsaturated/α-hetero) is 2. The van der Waals surface area contributed by atoms with Gasteiger partial charge in [-0.2, -0.15) is 0 Å². The molecule has 2 rings (SSSR count). The SMILES string of the molecule is CC12CCC(C(=O)O)(C(=O)C1=O)C2(C)C.[Na+]. The molecule has 82 valence electrons. The number of carboxylic acids is 1. The Kier molecular flexibility index (Phi) is 2.95. The van der Waals surface area contributed by atoms with Gasteiger partial charge in [0.1, 0.15) is 5.41 Å². The molecular formula is C11H14NaO4+. The molecule has 16 heavy (non-hydrogen) atoms. The quantitative estimate of drug-likeness (QED) is 0.324. The maximum absolute atomic E-state index is 11.8. The minimum absolute atomic E-state index is 0. The summed E-state index contributed by atoms with van der Waals surface area (Å²) >= 11 is 0. The second kappa shape index (κ2) is 3.40. The van der Waals surface area contributed by atoms with E-state index in [4.69, 9.17) is 0 Å². The van der Waals surface area contributed by atoms with Gasteiger partial charge in [0.25, 0.3) is 0 Å². The van der Waals surface area contributed by atoms with Crippen LogP contribution in [0.1, 0.15) is 33.6 Å². The number of carbonyl (C=O) groups is 3. The van der Waals surface area contributed by atoms with Crippen LogP contribution in [0, 0.1) is 16.2 Å². The molecule has 0 aromatic heterocycles. The predicted molar refractivity (Wildman–Crippen MR) is 51.2 cm³/mol. The van der Waals surface area contributed by atoms with Gasteiger partial charge in [0, 0.05) is 10.8 Å². The van der Waals surface area contributed by atoms with Crippen LogP contribution < -0.4 is 29.6 Å². The number of fused-ring (bicyclic) bond motifs is 2. The topological polar surface area (TPSA) is 71.4 Å². The smallest absolute Gasteiger partial charge is 0.480 e. The molecule has 2 atom stereocenters. The van der Waals surface area contributed by atoms with E-state index in [0.717, 1.165) is 0 Å². The molecule has 5 heteroatoms. The molecule has 2 bridgehead atoms. The van der Waals surface area contributed by atoms with Crippen molar-refractivity contribution < 1.29 is 49.0 Å². The van der Waals surface area contributed by atoms with Crippen LogP contribution in [0.2, 0.25) is 0 Å². The van der Waals surface area contributed by atoms with Crippen molar-refractivity contribution in [3.8, 4) is 0 Å². The fourth-order valence-corrected chi connectivity index (χ4v) is 3.24. The number of aliphatic carboxylic acids is 1. The van der Waals surface area contributed by atoms with Crippen molar-refractivity contribution in [3.63, 3.8) is 0 Å². The number of carboxylic acid groups (broad SMARTS) is 1. The molecule has 2 aliphatic carbocycles. The van der Waals surface area contributed by atoms with E-state index in [1.165, 1.54) is 0 Å². The van der Waals surface area contributed by atoms with Gasteiger partial charge in [-0.1, -0.05) is 20.8 Å². The molecule has 0 amide bonds. The summed E-state index contributed by atoms with van der Waals surface area (Å²) in [6.07, 6.45) is 0.785. The van der Waals surface area contributed by atoms with Gasteiger partial charge < -0.3 is 5.11 Å². The summed E-state index contributed by atoms with van der Waals surface area (Å²) in [7, 11) is 0. The minimum Gasteiger partial charge on any atom is -0.480 e. The molecule has 2 unspecified atom stereocenters. The van der Waals surface area contributed by atoms with Gasteiger partial charge in [0.05, 0.1) is 0 Å². The van der Waals surface area contributed by atoms with E-state index in [1.807, 2.05) is 0 Å². The van der Waals surface area contributed by atoms with E-state index < -0.39 is 33.8 Å². The summed E-state index contributed by atoms with van der Waals surface area (Å²) < 4.78 is 0. The van der Waals surface area contributed by atoms with E-state index in [-0.39, 0.29) is 36.0 Å². The molecule has 1 N–H and O–H groups in total. The van der Waals surface area contributed by atoms with Crippen molar-refractivity contribution in [2.45, 2.75) is 33.6 Å². The number of hydrogen-bond acceptors (Lipinski definition) is 3. The fraction of sp³-hybridized carbons (Fsp3) is 0.727. The van der Waals surface area contributed by atoms with E-state index in [1.54, 1.807) is 20.8 Å². The van der Waals surface area contributed by atoms with Crippen LogP contribution in [-0.4, -0.2) is 22.6 Å². The van der Waals surface area contributed by atoms with Gasteiger partial charge in [-0.3, -0.25) is 14.4 Å². The molecular weight excluding hydrogens is 219 g/mol. The van der Waals surface area contributed by atoms with E-state index in [0.29, 0.717) is 6.42 Å². The van der Waals surface area contributed by atoms with E-state index in [9.17, 15) is 19.5 Å². The second-order valence-corrected chi connectivity index (χ2v) is 5.33. The van der Waals surface area contributed by atoms with Crippen molar-refractivity contribution in [2.75, 3.05) is 0 Å². The molecule has 2 saturated carbocycles. The summed E-state index contributed by atoms with van der Waals surface area (Å²) in [5.41, 5.74) is -3.04. The summed E-state index contributed by atoms with van der Waals surface area (Å²) in [5.74, 6) is -2.35. The third-order valence-corrected chi connectivity index (χ3v) is 4.91. The maximum Gasteiger partial charge on any atom is 1.00 e. The normalized spacial score (nSPS) is 39.7. The first-order valence-corrected chi connectivity index (χ1v) is 5.04. The van der Waals surface area contributed by atoms with Crippen molar-refractivity contribution in [1.29, 1.82) is 0 Å². The zero-order valence-electron chi connectivity index (χ0n) is 10.1. The van der Waals surface area contributed by atoms with Crippen LogP contribution in [-0.2, 0) is 14.4 Å². The zero-order chi connectivity index (χ0) is 11.6. The molecule has 0 heterocycles. The monoisotopic (exact) mass is 233 g/mol. The van der Waals surface area contributed by atoms with Crippen LogP contribution in [0.4, 0.5) is 0 Å². The predicted octanol–water partition coefficient (Wildman–Crippen LogP) is -1.96. The van der Waals surface area contributed by atoms with Gasteiger partial charge in [-0.05, 0) is 12.8 Å². The van der Waals surface area contributed by atoms with Gasteiger partial charge in [-0.25, -0.2) is 0 Å². The first-order chi connectivity index (χ1) is 6.72. The molecule has 0 spiro atoms. The van der Waals surface area contributed by atoms with Gasteiger partial charge in [0.15, 0.2) is 0 Å². The average Bonchev–Trinajstić information content (AvgIpc) is 2.39. The third kappa shape index (κ3) is 1.03. The molecule has 2 aliphatic rings. The Morgan fingerprint density at radius 2 is 1.62 bits per heavy atom. The summed E-state index contributed by atoms with van der Waals surface area (Å²) in [6.45, 7) is 5.15. The number of ketones is 2. The van der Waals surface area contributed by atoms with Crippen LogP contribution in [0.15, 0.2) is 0 Å². The Bertz CT molecular complexity index is 401. The van der Waals surface area contributed by atoms with Gasteiger partial charge in [-0.15, -0.1) is 0 Å². The zero-order valence-corrected chi connectivity index (χ0v) is 12.1. The average molecular weight is 233 g/mol. The molecule has 0 aromatic carbocycles. The Morgan fingerprint density at radius 1 is 1.12 bits per heavy atom. The van der Waals surface area contributed by atoms with E-state index >= 15 is 0 Å². The maximum atomic E-state index is 11.8. The van der Waals surface area contributed by atoms with Gasteiger partial charge in [0.2, 0.25) is 11.6 Å². The standard InChI is InChI=1S/C11H14O4.Na/c1-9(2)10(3)4-5-11(9,8(14)15)7(13)6(10)12;/h4-5H2,1-3H3,(H,14,15);/q;+1. The number of carbonyl (C=O) groups excluding carboxylic acids is 2. The number of rotatable bonds is 1. The number of hydrogen-bond donors (Lipinski definition) is 1. The summed E-state index contributed by atoms with van der Waals surface area (Å²) in [4.78, 5) is 34.9.